The van der Waals surface area contributed by atoms with Gasteiger partial charge < -0.3 is 0 Å². The summed E-state index contributed by atoms with van der Waals surface area (Å²) in [6, 6.07) is 0. The monoisotopic (exact) mass is 250 g/mol. The maximum atomic E-state index is 2.32. The van der Waals surface area contributed by atoms with Gasteiger partial charge in [0.05, 0.1) is 0 Å². The first-order chi connectivity index (χ1) is 8.91. The standard InChI is InChI=1S/C18H34/c1-3-5-7-9-11-13-15-17-18-16-14-12-10-8-6-4-2/h13,15,17-18H,3-12,14,16H2,1-2H3/b15-13-,18-17-. The van der Waals surface area contributed by atoms with Crippen molar-refractivity contribution in [3.05, 3.63) is 24.3 Å². The average Bonchev–Trinajstić information content (AvgIpc) is 2.39. The Hall–Kier alpha value is -0.520. The highest BCUT2D eigenvalue weighted by Gasteiger charge is 1.87. The topological polar surface area (TPSA) is 0 Å². The molecule has 0 radical (unpaired) electrons. The molecule has 0 saturated carbocycles. The Morgan fingerprint density at radius 1 is 0.500 bits per heavy atom. The van der Waals surface area contributed by atoms with Crippen molar-refractivity contribution < 1.29 is 0 Å². The first-order valence-corrected chi connectivity index (χ1v) is 8.23. The van der Waals surface area contributed by atoms with Gasteiger partial charge in [0.2, 0.25) is 0 Å². The molecule has 0 atom stereocenters. The molecule has 0 spiro atoms. The Labute approximate surface area is 116 Å². The maximum absolute atomic E-state index is 2.32. The third kappa shape index (κ3) is 15.5. The summed E-state index contributed by atoms with van der Waals surface area (Å²) in [7, 11) is 0. The summed E-state index contributed by atoms with van der Waals surface area (Å²) >= 11 is 0. The zero-order chi connectivity index (χ0) is 13.3. The third-order valence-corrected chi connectivity index (χ3v) is 3.33. The lowest BCUT2D eigenvalue weighted by Gasteiger charge is -1.97. The molecule has 0 aromatic rings. The molecule has 18 heavy (non-hydrogen) atoms. The molecule has 0 aromatic heterocycles. The van der Waals surface area contributed by atoms with Crippen molar-refractivity contribution in [2.75, 3.05) is 0 Å². The number of allylic oxidation sites excluding steroid dienone is 4. The van der Waals surface area contributed by atoms with Crippen LogP contribution < -0.4 is 0 Å². The molecular formula is C18H34. The summed E-state index contributed by atoms with van der Waals surface area (Å²) in [6.07, 6.45) is 25.5. The van der Waals surface area contributed by atoms with Gasteiger partial charge in [-0.1, -0.05) is 89.5 Å². The van der Waals surface area contributed by atoms with Crippen molar-refractivity contribution in [3.63, 3.8) is 0 Å². The van der Waals surface area contributed by atoms with Gasteiger partial charge in [0, 0.05) is 0 Å². The molecule has 0 aliphatic heterocycles. The number of unbranched alkanes of at least 4 members (excludes halogenated alkanes) is 10. The Bertz CT molecular complexity index is 188. The van der Waals surface area contributed by atoms with Gasteiger partial charge in [-0.2, -0.15) is 0 Å². The Morgan fingerprint density at radius 2 is 0.889 bits per heavy atom. The predicted octanol–water partition coefficient (Wildman–Crippen LogP) is 6.82. The molecule has 0 N–H and O–H groups in total. The third-order valence-electron chi connectivity index (χ3n) is 3.33. The minimum absolute atomic E-state index is 1.25. The van der Waals surface area contributed by atoms with Crippen LogP contribution in [0.25, 0.3) is 0 Å². The normalized spacial score (nSPS) is 11.9. The average molecular weight is 250 g/mol. The lowest BCUT2D eigenvalue weighted by molar-refractivity contribution is 0.611. The lowest BCUT2D eigenvalue weighted by Crippen LogP contribution is -1.77. The number of hydrogen-bond donors (Lipinski definition) is 0. The van der Waals surface area contributed by atoms with Gasteiger partial charge >= 0.3 is 0 Å². The van der Waals surface area contributed by atoms with Crippen molar-refractivity contribution in [1.82, 2.24) is 0 Å². The van der Waals surface area contributed by atoms with E-state index >= 15 is 0 Å². The van der Waals surface area contributed by atoms with Gasteiger partial charge in [0.1, 0.15) is 0 Å². The highest BCUT2D eigenvalue weighted by atomic mass is 13.9. The van der Waals surface area contributed by atoms with Crippen LogP contribution in [-0.4, -0.2) is 0 Å². The van der Waals surface area contributed by atoms with Crippen LogP contribution in [0.4, 0.5) is 0 Å². The molecule has 0 heterocycles. The van der Waals surface area contributed by atoms with Gasteiger partial charge in [-0.05, 0) is 25.7 Å². The first-order valence-electron chi connectivity index (χ1n) is 8.23. The van der Waals surface area contributed by atoms with E-state index in [1.54, 1.807) is 0 Å². The van der Waals surface area contributed by atoms with Crippen molar-refractivity contribution in [2.24, 2.45) is 0 Å². The first kappa shape index (κ1) is 17.5. The number of rotatable bonds is 13. The molecule has 106 valence electrons. The fraction of sp³-hybridized carbons (Fsp3) is 0.778. The molecule has 0 aliphatic carbocycles. The van der Waals surface area contributed by atoms with Crippen molar-refractivity contribution in [3.8, 4) is 0 Å². The van der Waals surface area contributed by atoms with Crippen LogP contribution in [0.3, 0.4) is 0 Å². The molecule has 0 amide bonds. The van der Waals surface area contributed by atoms with E-state index in [0.717, 1.165) is 0 Å². The SMILES string of the molecule is CCCCCC/C=C\C=C/CCCCCCCC. The summed E-state index contributed by atoms with van der Waals surface area (Å²) in [5, 5.41) is 0. The quantitative estimate of drug-likeness (QED) is 0.248. The molecular weight excluding hydrogens is 216 g/mol. The molecule has 0 saturated heterocycles. The second kappa shape index (κ2) is 16.5. The smallest absolute Gasteiger partial charge is 0.0348 e. The van der Waals surface area contributed by atoms with Gasteiger partial charge in [-0.3, -0.25) is 0 Å². The van der Waals surface area contributed by atoms with Gasteiger partial charge in [0.25, 0.3) is 0 Å². The van der Waals surface area contributed by atoms with E-state index < -0.39 is 0 Å². The summed E-state index contributed by atoms with van der Waals surface area (Å²) < 4.78 is 0. The largest absolute Gasteiger partial charge is 0.0845 e. The second-order valence-electron chi connectivity index (χ2n) is 5.26. The molecule has 0 aromatic carbocycles. The van der Waals surface area contributed by atoms with Crippen LogP contribution in [-0.2, 0) is 0 Å². The fourth-order valence-corrected chi connectivity index (χ4v) is 2.08. The Morgan fingerprint density at radius 3 is 1.39 bits per heavy atom. The molecule has 0 heteroatoms. The van der Waals surface area contributed by atoms with E-state index in [-0.39, 0.29) is 0 Å². The van der Waals surface area contributed by atoms with Crippen molar-refractivity contribution >= 4 is 0 Å². The van der Waals surface area contributed by atoms with Crippen molar-refractivity contribution in [2.45, 2.75) is 90.9 Å². The summed E-state index contributed by atoms with van der Waals surface area (Å²) in [4.78, 5) is 0. The van der Waals surface area contributed by atoms with Crippen LogP contribution >= 0.6 is 0 Å². The second-order valence-corrected chi connectivity index (χ2v) is 5.26. The minimum Gasteiger partial charge on any atom is -0.0845 e. The van der Waals surface area contributed by atoms with E-state index in [4.69, 9.17) is 0 Å². The molecule has 0 unspecified atom stereocenters. The number of hydrogen-bond acceptors (Lipinski definition) is 0. The van der Waals surface area contributed by atoms with Crippen LogP contribution in [0.15, 0.2) is 24.3 Å². The zero-order valence-corrected chi connectivity index (χ0v) is 12.8. The van der Waals surface area contributed by atoms with E-state index in [9.17, 15) is 0 Å². The van der Waals surface area contributed by atoms with Crippen molar-refractivity contribution in [1.29, 1.82) is 0 Å². The van der Waals surface area contributed by atoms with Crippen LogP contribution in [0.2, 0.25) is 0 Å². The van der Waals surface area contributed by atoms with Crippen LogP contribution in [0.1, 0.15) is 90.9 Å². The highest BCUT2D eigenvalue weighted by molar-refractivity contribution is 5.02. The molecule has 0 nitrogen and oxygen atoms in total. The van der Waals surface area contributed by atoms with E-state index in [2.05, 4.69) is 38.2 Å². The molecule has 0 aliphatic rings. The van der Waals surface area contributed by atoms with Crippen LogP contribution in [0.5, 0.6) is 0 Å². The Kier molecular flexibility index (Phi) is 16.0. The predicted molar refractivity (Wildman–Crippen MR) is 85.0 cm³/mol. The molecule has 0 fully saturated rings. The summed E-state index contributed by atoms with van der Waals surface area (Å²) in [5.74, 6) is 0. The van der Waals surface area contributed by atoms with Gasteiger partial charge in [-0.25, -0.2) is 0 Å². The van der Waals surface area contributed by atoms with E-state index in [0.29, 0.717) is 0 Å². The Balaban J connectivity index is 3.14. The van der Waals surface area contributed by atoms with E-state index in [1.165, 1.54) is 77.0 Å². The lowest BCUT2D eigenvalue weighted by atomic mass is 10.1. The molecule has 0 bridgehead atoms. The minimum atomic E-state index is 1.25. The highest BCUT2D eigenvalue weighted by Crippen LogP contribution is 2.07. The van der Waals surface area contributed by atoms with Gasteiger partial charge in [0.15, 0.2) is 0 Å². The molecule has 0 rings (SSSR count). The summed E-state index contributed by atoms with van der Waals surface area (Å²) in [5.41, 5.74) is 0. The fourth-order valence-electron chi connectivity index (χ4n) is 2.08. The zero-order valence-electron chi connectivity index (χ0n) is 12.8. The summed E-state index contributed by atoms with van der Waals surface area (Å²) in [6.45, 7) is 4.54. The van der Waals surface area contributed by atoms with E-state index in [1.807, 2.05) is 0 Å². The van der Waals surface area contributed by atoms with Crippen LogP contribution in [0, 0.1) is 0 Å². The maximum Gasteiger partial charge on any atom is -0.0348 e. The van der Waals surface area contributed by atoms with Gasteiger partial charge in [-0.15, -0.1) is 0 Å².